The number of anilines is 1. The van der Waals surface area contributed by atoms with E-state index in [1.54, 1.807) is 0 Å². The lowest BCUT2D eigenvalue weighted by Gasteiger charge is -2.41. The lowest BCUT2D eigenvalue weighted by Crippen LogP contribution is -2.49. The molecule has 1 saturated heterocycles. The third-order valence-corrected chi connectivity index (χ3v) is 7.72. The predicted molar refractivity (Wildman–Crippen MR) is 141 cm³/mol. The van der Waals surface area contributed by atoms with Crippen LogP contribution in [-0.2, 0) is 5.54 Å². The van der Waals surface area contributed by atoms with Gasteiger partial charge in [-0.15, -0.1) is 5.10 Å². The lowest BCUT2D eigenvalue weighted by molar-refractivity contribution is 0.187. The highest BCUT2D eigenvalue weighted by Gasteiger charge is 2.34. The molecule has 0 aliphatic carbocycles. The van der Waals surface area contributed by atoms with Crippen LogP contribution in [0.5, 0.6) is 0 Å². The highest BCUT2D eigenvalue weighted by atomic mass is 15.6. The molecule has 7 nitrogen and oxygen atoms in total. The van der Waals surface area contributed by atoms with Crippen LogP contribution in [0.2, 0.25) is 0 Å². The number of fused-ring (bicyclic) bond motifs is 1. The zero-order valence-electron chi connectivity index (χ0n) is 21.4. The number of aromatic nitrogens is 5. The molecule has 182 valence electrons. The lowest BCUT2D eigenvalue weighted by atomic mass is 9.98. The zero-order valence-corrected chi connectivity index (χ0v) is 21.4. The standard InChI is InChI=1S/C28H35N7/c1-6-28(4,5)35-27(30-31-32-35)26(23-12-13-24-22(19-23)10-8-14-29-24)34-17-15-33(16-18-34)25-11-7-9-20(2)21(25)3/h7-14,19,26H,6,15-18H2,1-5H3. The molecule has 5 rings (SSSR count). The molecule has 1 atom stereocenters. The molecule has 0 bridgehead atoms. The largest absolute Gasteiger partial charge is 0.369 e. The quantitative estimate of drug-likeness (QED) is 0.400. The average Bonchev–Trinajstić information content (AvgIpc) is 3.37. The Bertz CT molecular complexity index is 1320. The maximum atomic E-state index is 4.60. The van der Waals surface area contributed by atoms with Gasteiger partial charge in [0.2, 0.25) is 0 Å². The van der Waals surface area contributed by atoms with Gasteiger partial charge in [-0.2, -0.15) is 0 Å². The fourth-order valence-corrected chi connectivity index (χ4v) is 5.03. The Morgan fingerprint density at radius 1 is 0.971 bits per heavy atom. The van der Waals surface area contributed by atoms with Gasteiger partial charge >= 0.3 is 0 Å². The minimum atomic E-state index is -0.171. The highest BCUT2D eigenvalue weighted by molar-refractivity contribution is 5.79. The smallest absolute Gasteiger partial charge is 0.173 e. The molecule has 0 radical (unpaired) electrons. The van der Waals surface area contributed by atoms with Crippen molar-refractivity contribution >= 4 is 16.6 Å². The fraction of sp³-hybridized carbons (Fsp3) is 0.429. The summed E-state index contributed by atoms with van der Waals surface area (Å²) in [5, 5.41) is 14.3. The van der Waals surface area contributed by atoms with E-state index in [2.05, 4.69) is 107 Å². The SMILES string of the molecule is CCC(C)(C)n1nnnc1C(c1ccc2ncccc2c1)N1CCN(c2cccc(C)c2C)CC1. The molecule has 1 fully saturated rings. The normalized spacial score (nSPS) is 16.1. The van der Waals surface area contributed by atoms with Gasteiger partial charge in [0.25, 0.3) is 0 Å². The molecule has 4 aromatic rings. The van der Waals surface area contributed by atoms with Crippen molar-refractivity contribution in [2.24, 2.45) is 0 Å². The third-order valence-electron chi connectivity index (χ3n) is 7.72. The molecular formula is C28H35N7. The van der Waals surface area contributed by atoms with E-state index in [0.29, 0.717) is 0 Å². The van der Waals surface area contributed by atoms with Crippen molar-refractivity contribution in [3.8, 4) is 0 Å². The Morgan fingerprint density at radius 3 is 2.54 bits per heavy atom. The summed E-state index contributed by atoms with van der Waals surface area (Å²) < 4.78 is 2.03. The monoisotopic (exact) mass is 469 g/mol. The molecule has 1 aliphatic rings. The highest BCUT2D eigenvalue weighted by Crippen LogP contribution is 2.34. The number of hydrogen-bond acceptors (Lipinski definition) is 6. The second kappa shape index (κ2) is 9.38. The van der Waals surface area contributed by atoms with Crippen molar-refractivity contribution in [1.29, 1.82) is 0 Å². The number of hydrogen-bond donors (Lipinski definition) is 0. The van der Waals surface area contributed by atoms with Crippen LogP contribution in [0.25, 0.3) is 10.9 Å². The third kappa shape index (κ3) is 4.41. The second-order valence-corrected chi connectivity index (χ2v) is 10.2. The van der Waals surface area contributed by atoms with Crippen molar-refractivity contribution in [1.82, 2.24) is 30.1 Å². The number of aryl methyl sites for hydroxylation is 1. The summed E-state index contributed by atoms with van der Waals surface area (Å²) in [6.45, 7) is 14.8. The summed E-state index contributed by atoms with van der Waals surface area (Å²) >= 11 is 0. The van der Waals surface area contributed by atoms with Crippen LogP contribution in [-0.4, -0.2) is 56.3 Å². The van der Waals surface area contributed by atoms with Crippen LogP contribution in [0.15, 0.2) is 54.7 Å². The van der Waals surface area contributed by atoms with Crippen LogP contribution in [0.3, 0.4) is 0 Å². The zero-order chi connectivity index (χ0) is 24.6. The predicted octanol–water partition coefficient (Wildman–Crippen LogP) is 4.89. The Balaban J connectivity index is 1.51. The van der Waals surface area contributed by atoms with Gasteiger partial charge in [0.15, 0.2) is 5.82 Å². The summed E-state index contributed by atoms with van der Waals surface area (Å²) in [5.41, 5.74) is 6.09. The Kier molecular flexibility index (Phi) is 6.28. The summed E-state index contributed by atoms with van der Waals surface area (Å²) in [5.74, 6) is 0.903. The summed E-state index contributed by atoms with van der Waals surface area (Å²) in [4.78, 5) is 9.57. The van der Waals surface area contributed by atoms with E-state index in [4.69, 9.17) is 0 Å². The molecule has 7 heteroatoms. The maximum absolute atomic E-state index is 4.60. The van der Waals surface area contributed by atoms with E-state index in [9.17, 15) is 0 Å². The van der Waals surface area contributed by atoms with Crippen molar-refractivity contribution in [3.05, 3.63) is 77.2 Å². The van der Waals surface area contributed by atoms with E-state index in [-0.39, 0.29) is 11.6 Å². The number of nitrogens with zero attached hydrogens (tertiary/aromatic N) is 7. The molecule has 0 saturated carbocycles. The molecular weight excluding hydrogens is 434 g/mol. The number of benzene rings is 2. The van der Waals surface area contributed by atoms with Gasteiger partial charge in [-0.05, 0) is 85.5 Å². The first-order valence-electron chi connectivity index (χ1n) is 12.6. The molecule has 2 aromatic carbocycles. The molecule has 1 aliphatic heterocycles. The van der Waals surface area contributed by atoms with E-state index >= 15 is 0 Å². The van der Waals surface area contributed by atoms with Crippen molar-refractivity contribution in [2.75, 3.05) is 31.1 Å². The molecule has 0 spiro atoms. The minimum absolute atomic E-state index is 0.0267. The first-order valence-corrected chi connectivity index (χ1v) is 12.6. The Hall–Kier alpha value is -3.32. The van der Waals surface area contributed by atoms with Crippen LogP contribution >= 0.6 is 0 Å². The van der Waals surface area contributed by atoms with Gasteiger partial charge in [-0.1, -0.05) is 31.2 Å². The van der Waals surface area contributed by atoms with Crippen molar-refractivity contribution in [2.45, 2.75) is 52.6 Å². The van der Waals surface area contributed by atoms with Gasteiger partial charge < -0.3 is 4.90 Å². The summed E-state index contributed by atoms with van der Waals surface area (Å²) in [6.07, 6.45) is 2.79. The van der Waals surface area contributed by atoms with Crippen LogP contribution < -0.4 is 4.90 Å². The van der Waals surface area contributed by atoms with Gasteiger partial charge in [-0.3, -0.25) is 9.88 Å². The molecule has 35 heavy (non-hydrogen) atoms. The van der Waals surface area contributed by atoms with Gasteiger partial charge in [-0.25, -0.2) is 4.68 Å². The van der Waals surface area contributed by atoms with E-state index in [0.717, 1.165) is 49.3 Å². The maximum Gasteiger partial charge on any atom is 0.173 e. The summed E-state index contributed by atoms with van der Waals surface area (Å²) in [7, 11) is 0. The van der Waals surface area contributed by atoms with Crippen LogP contribution in [0, 0.1) is 13.8 Å². The van der Waals surface area contributed by atoms with Crippen molar-refractivity contribution in [3.63, 3.8) is 0 Å². The first-order chi connectivity index (χ1) is 16.9. The molecule has 2 aromatic heterocycles. The fourth-order valence-electron chi connectivity index (χ4n) is 5.03. The van der Waals surface area contributed by atoms with Crippen LogP contribution in [0.1, 0.15) is 55.7 Å². The van der Waals surface area contributed by atoms with E-state index < -0.39 is 0 Å². The van der Waals surface area contributed by atoms with Gasteiger partial charge in [0.05, 0.1) is 17.1 Å². The summed E-state index contributed by atoms with van der Waals surface area (Å²) in [6, 6.07) is 17.2. The Morgan fingerprint density at radius 2 is 1.77 bits per heavy atom. The number of piperazine rings is 1. The Labute approximate surface area is 207 Å². The van der Waals surface area contributed by atoms with Crippen LogP contribution in [0.4, 0.5) is 5.69 Å². The molecule has 1 unspecified atom stereocenters. The van der Waals surface area contributed by atoms with E-state index in [1.807, 2.05) is 16.9 Å². The van der Waals surface area contributed by atoms with E-state index in [1.165, 1.54) is 22.4 Å². The second-order valence-electron chi connectivity index (χ2n) is 10.2. The minimum Gasteiger partial charge on any atom is -0.369 e. The first kappa shape index (κ1) is 23.4. The van der Waals surface area contributed by atoms with Crippen molar-refractivity contribution < 1.29 is 0 Å². The van der Waals surface area contributed by atoms with Gasteiger partial charge in [0, 0.05) is 43.4 Å². The van der Waals surface area contributed by atoms with Gasteiger partial charge in [0.1, 0.15) is 0 Å². The molecule has 0 N–H and O–H groups in total. The number of pyridine rings is 1. The topological polar surface area (TPSA) is 63.0 Å². The number of rotatable bonds is 6. The average molecular weight is 470 g/mol. The number of tetrazole rings is 1. The molecule has 0 amide bonds. The molecule has 3 heterocycles.